The van der Waals surface area contributed by atoms with Gasteiger partial charge in [0.25, 0.3) is 0 Å². The number of carbonyl (C=O) groups is 1. The average Bonchev–Trinajstić information content (AvgIpc) is 3.27. The lowest BCUT2D eigenvalue weighted by molar-refractivity contribution is 0.0520. The Hall–Kier alpha value is -3.56. The van der Waals surface area contributed by atoms with Crippen molar-refractivity contribution >= 4 is 5.97 Å². The highest BCUT2D eigenvalue weighted by atomic mass is 16.5. The van der Waals surface area contributed by atoms with E-state index in [1.54, 1.807) is 33.4 Å². The summed E-state index contributed by atoms with van der Waals surface area (Å²) in [7, 11) is 1.61. The molecule has 0 saturated carbocycles. The molecule has 10 nitrogen and oxygen atoms in total. The van der Waals surface area contributed by atoms with Gasteiger partial charge in [-0.05, 0) is 31.9 Å². The number of aromatic amines is 1. The first-order chi connectivity index (χ1) is 14.9. The lowest BCUT2D eigenvalue weighted by atomic mass is 9.93. The van der Waals surface area contributed by atoms with Crippen LogP contribution in [0.5, 0.6) is 11.6 Å². The number of carbonyl (C=O) groups excluding carboxylic acids is 1. The van der Waals surface area contributed by atoms with Crippen LogP contribution < -0.4 is 9.47 Å². The number of hydrogen-bond donors (Lipinski definition) is 1. The van der Waals surface area contributed by atoms with Crippen molar-refractivity contribution in [2.24, 2.45) is 5.92 Å². The summed E-state index contributed by atoms with van der Waals surface area (Å²) >= 11 is 0. The molecule has 0 aliphatic heterocycles. The van der Waals surface area contributed by atoms with Gasteiger partial charge < -0.3 is 14.2 Å². The normalized spacial score (nSPS) is 12.8. The number of rotatable bonds is 9. The molecule has 0 bridgehead atoms. The smallest absolute Gasteiger partial charge is 0.361 e. The van der Waals surface area contributed by atoms with Crippen LogP contribution in [0.1, 0.15) is 48.7 Å². The summed E-state index contributed by atoms with van der Waals surface area (Å²) in [4.78, 5) is 25.3. The molecule has 164 valence electrons. The Kier molecular flexibility index (Phi) is 7.11. The number of pyridine rings is 1. The SMILES string of the molecule is CCOC(=O)c1n[nH]nc1-c1cnc(C)nc1OC[C@@H](C)[C@H](C)c1ccc(OC)cn1. The Morgan fingerprint density at radius 3 is 2.65 bits per heavy atom. The summed E-state index contributed by atoms with van der Waals surface area (Å²) in [6.07, 6.45) is 3.27. The van der Waals surface area contributed by atoms with E-state index in [2.05, 4.69) is 44.2 Å². The van der Waals surface area contributed by atoms with Crippen LogP contribution in [0, 0.1) is 12.8 Å². The molecule has 2 atom stereocenters. The molecule has 0 radical (unpaired) electrons. The predicted molar refractivity (Wildman–Crippen MR) is 112 cm³/mol. The molecule has 31 heavy (non-hydrogen) atoms. The molecule has 0 saturated heterocycles. The molecule has 0 unspecified atom stereocenters. The number of aromatic nitrogens is 6. The predicted octanol–water partition coefficient (Wildman–Crippen LogP) is 2.97. The zero-order valence-electron chi connectivity index (χ0n) is 18.2. The minimum absolute atomic E-state index is 0.0583. The van der Waals surface area contributed by atoms with Crippen LogP contribution in [0.3, 0.4) is 0 Å². The number of esters is 1. The second-order valence-electron chi connectivity index (χ2n) is 7.08. The second kappa shape index (κ2) is 9.96. The van der Waals surface area contributed by atoms with Gasteiger partial charge in [-0.1, -0.05) is 13.8 Å². The van der Waals surface area contributed by atoms with Gasteiger partial charge in [0.1, 0.15) is 17.3 Å². The molecular formula is C21H26N6O4. The van der Waals surface area contributed by atoms with E-state index < -0.39 is 5.97 Å². The molecule has 0 aliphatic carbocycles. The molecule has 3 rings (SSSR count). The second-order valence-corrected chi connectivity index (χ2v) is 7.08. The Bertz CT molecular complexity index is 1020. The summed E-state index contributed by atoms with van der Waals surface area (Å²) in [5.74, 6) is 1.27. The van der Waals surface area contributed by atoms with E-state index >= 15 is 0 Å². The molecule has 1 N–H and O–H groups in total. The summed E-state index contributed by atoms with van der Waals surface area (Å²) in [5.41, 5.74) is 1.75. The lowest BCUT2D eigenvalue weighted by Crippen LogP contribution is -2.17. The first kappa shape index (κ1) is 22.1. The van der Waals surface area contributed by atoms with Crippen LogP contribution in [-0.2, 0) is 4.74 Å². The monoisotopic (exact) mass is 426 g/mol. The third-order valence-corrected chi connectivity index (χ3v) is 4.94. The Morgan fingerprint density at radius 1 is 1.16 bits per heavy atom. The fourth-order valence-electron chi connectivity index (χ4n) is 2.91. The van der Waals surface area contributed by atoms with Crippen molar-refractivity contribution in [3.63, 3.8) is 0 Å². The van der Waals surface area contributed by atoms with Crippen molar-refractivity contribution in [2.75, 3.05) is 20.3 Å². The molecule has 0 aliphatic rings. The summed E-state index contributed by atoms with van der Waals surface area (Å²) in [6.45, 7) is 8.26. The molecule has 10 heteroatoms. The van der Waals surface area contributed by atoms with Crippen molar-refractivity contribution in [3.05, 3.63) is 41.7 Å². The maximum Gasteiger partial charge on any atom is 0.361 e. The van der Waals surface area contributed by atoms with E-state index in [1.807, 2.05) is 12.1 Å². The van der Waals surface area contributed by atoms with Crippen molar-refractivity contribution < 1.29 is 19.0 Å². The van der Waals surface area contributed by atoms with E-state index in [0.717, 1.165) is 5.69 Å². The number of nitrogens with zero attached hydrogens (tertiary/aromatic N) is 5. The van der Waals surface area contributed by atoms with E-state index in [0.29, 0.717) is 29.6 Å². The fraction of sp³-hybridized carbons (Fsp3) is 0.429. The van der Waals surface area contributed by atoms with Gasteiger partial charge in [-0.25, -0.2) is 9.78 Å². The minimum atomic E-state index is -0.578. The number of methoxy groups -OCH3 is 1. The first-order valence-electron chi connectivity index (χ1n) is 9.99. The number of hydrogen-bond acceptors (Lipinski definition) is 9. The van der Waals surface area contributed by atoms with Gasteiger partial charge in [-0.2, -0.15) is 15.3 Å². The topological polar surface area (TPSA) is 125 Å². The number of aryl methyl sites for hydroxylation is 1. The van der Waals surface area contributed by atoms with Gasteiger partial charge in [0.2, 0.25) is 5.88 Å². The summed E-state index contributed by atoms with van der Waals surface area (Å²) < 4.78 is 16.3. The molecule has 3 aromatic heterocycles. The van der Waals surface area contributed by atoms with Gasteiger partial charge in [0.15, 0.2) is 5.69 Å². The van der Waals surface area contributed by atoms with Crippen molar-refractivity contribution in [3.8, 4) is 22.9 Å². The molecule has 0 spiro atoms. The largest absolute Gasteiger partial charge is 0.495 e. The quantitative estimate of drug-likeness (QED) is 0.514. The van der Waals surface area contributed by atoms with Gasteiger partial charge in [-0.3, -0.25) is 4.98 Å². The first-order valence-corrected chi connectivity index (χ1v) is 9.99. The van der Waals surface area contributed by atoms with Gasteiger partial charge in [0.05, 0.1) is 32.1 Å². The Balaban J connectivity index is 1.78. The number of ether oxygens (including phenoxy) is 3. The standard InChI is InChI=1S/C21H26N6O4/c1-6-30-21(28)19-18(25-27-26-19)16-10-22-14(4)24-20(16)31-11-12(2)13(3)17-8-7-15(29-5)9-23-17/h7-10,12-13H,6,11H2,1-5H3,(H,25,26,27)/t12-,13+/m1/s1. The molecular weight excluding hydrogens is 400 g/mol. The third-order valence-electron chi connectivity index (χ3n) is 4.94. The van der Waals surface area contributed by atoms with Gasteiger partial charge in [0, 0.05) is 17.8 Å². The lowest BCUT2D eigenvalue weighted by Gasteiger charge is -2.20. The Labute approximate surface area is 180 Å². The highest BCUT2D eigenvalue weighted by Crippen LogP contribution is 2.30. The molecule has 0 fully saturated rings. The maximum atomic E-state index is 12.2. The highest BCUT2D eigenvalue weighted by Gasteiger charge is 2.24. The van der Waals surface area contributed by atoms with E-state index in [1.165, 1.54) is 0 Å². The Morgan fingerprint density at radius 2 is 1.97 bits per heavy atom. The molecule has 0 amide bonds. The molecule has 0 aromatic carbocycles. The summed E-state index contributed by atoms with van der Waals surface area (Å²) in [6, 6.07) is 3.83. The van der Waals surface area contributed by atoms with E-state index in [9.17, 15) is 4.79 Å². The number of H-pyrrole nitrogens is 1. The number of nitrogens with one attached hydrogen (secondary N) is 1. The zero-order chi connectivity index (χ0) is 22.4. The van der Waals surface area contributed by atoms with Crippen LogP contribution in [0.25, 0.3) is 11.3 Å². The van der Waals surface area contributed by atoms with Crippen LogP contribution in [-0.4, -0.2) is 56.7 Å². The van der Waals surface area contributed by atoms with Crippen molar-refractivity contribution in [2.45, 2.75) is 33.6 Å². The van der Waals surface area contributed by atoms with Crippen LogP contribution in [0.4, 0.5) is 0 Å². The average molecular weight is 426 g/mol. The van der Waals surface area contributed by atoms with Gasteiger partial charge >= 0.3 is 5.97 Å². The van der Waals surface area contributed by atoms with Crippen molar-refractivity contribution in [1.82, 2.24) is 30.4 Å². The fourth-order valence-corrected chi connectivity index (χ4v) is 2.91. The van der Waals surface area contributed by atoms with Gasteiger partial charge in [-0.15, -0.1) is 5.10 Å². The van der Waals surface area contributed by atoms with E-state index in [-0.39, 0.29) is 29.8 Å². The third kappa shape index (κ3) is 5.14. The van der Waals surface area contributed by atoms with Crippen LogP contribution in [0.2, 0.25) is 0 Å². The van der Waals surface area contributed by atoms with Crippen LogP contribution >= 0.6 is 0 Å². The summed E-state index contributed by atoms with van der Waals surface area (Å²) in [5, 5.41) is 10.5. The zero-order valence-corrected chi connectivity index (χ0v) is 18.2. The highest BCUT2D eigenvalue weighted by molar-refractivity contribution is 5.94. The van der Waals surface area contributed by atoms with Crippen LogP contribution in [0.15, 0.2) is 24.5 Å². The van der Waals surface area contributed by atoms with Crippen molar-refractivity contribution in [1.29, 1.82) is 0 Å². The molecule has 3 aromatic rings. The minimum Gasteiger partial charge on any atom is -0.495 e. The maximum absolute atomic E-state index is 12.2. The molecule has 3 heterocycles. The van der Waals surface area contributed by atoms with E-state index in [4.69, 9.17) is 14.2 Å².